The van der Waals surface area contributed by atoms with Crippen LogP contribution in [0.5, 0.6) is 0 Å². The van der Waals surface area contributed by atoms with Crippen molar-refractivity contribution in [2.45, 2.75) is 46.6 Å². The Labute approximate surface area is 183 Å². The normalized spacial score (nSPS) is 15.5. The highest BCUT2D eigenvalue weighted by Gasteiger charge is 2.30. The van der Waals surface area contributed by atoms with Gasteiger partial charge in [-0.05, 0) is 24.8 Å². The molecular weight excluding hydrogens is 388 g/mol. The number of aromatic nitrogens is 3. The maximum absolute atomic E-state index is 12.7. The summed E-state index contributed by atoms with van der Waals surface area (Å²) < 4.78 is 7.54. The molecule has 0 N–H and O–H groups in total. The van der Waals surface area contributed by atoms with Crippen LogP contribution in [0.2, 0.25) is 0 Å². The van der Waals surface area contributed by atoms with Crippen molar-refractivity contribution in [2.75, 3.05) is 6.61 Å². The minimum absolute atomic E-state index is 0.111. The highest BCUT2D eigenvalue weighted by atomic mass is 16.5. The third-order valence-electron chi connectivity index (χ3n) is 5.36. The number of aliphatic imine (C=N–C) groups is 1. The maximum atomic E-state index is 12.7. The molecule has 31 heavy (non-hydrogen) atoms. The fourth-order valence-corrected chi connectivity index (χ4v) is 3.70. The number of para-hydroxylation sites is 1. The number of hydrogen-bond acceptors (Lipinski definition) is 5. The Bertz CT molecular complexity index is 1110. The van der Waals surface area contributed by atoms with Crippen molar-refractivity contribution in [3.63, 3.8) is 0 Å². The van der Waals surface area contributed by atoms with E-state index in [9.17, 15) is 4.79 Å². The number of fused-ring (bicyclic) bond motifs is 3. The summed E-state index contributed by atoms with van der Waals surface area (Å²) in [5.41, 5.74) is 3.90. The summed E-state index contributed by atoms with van der Waals surface area (Å²) in [6.07, 6.45) is 0.926. The molecule has 6 heteroatoms. The number of benzene rings is 2. The first-order valence-electron chi connectivity index (χ1n) is 10.6. The quantitative estimate of drug-likeness (QED) is 0.558. The van der Waals surface area contributed by atoms with Gasteiger partial charge in [0.25, 0.3) is 0 Å². The van der Waals surface area contributed by atoms with Crippen LogP contribution in [0.3, 0.4) is 0 Å². The number of esters is 1. The van der Waals surface area contributed by atoms with Crippen molar-refractivity contribution in [1.29, 1.82) is 0 Å². The van der Waals surface area contributed by atoms with Crippen molar-refractivity contribution in [2.24, 2.45) is 10.4 Å². The van der Waals surface area contributed by atoms with Gasteiger partial charge < -0.3 is 4.74 Å². The predicted molar refractivity (Wildman–Crippen MR) is 121 cm³/mol. The highest BCUT2D eigenvalue weighted by molar-refractivity contribution is 6.15. The number of rotatable bonds is 5. The fraction of sp³-hybridized carbons (Fsp3) is 0.360. The van der Waals surface area contributed by atoms with Gasteiger partial charge in [-0.15, -0.1) is 10.2 Å². The monoisotopic (exact) mass is 416 g/mol. The lowest BCUT2D eigenvalue weighted by Crippen LogP contribution is -2.16. The fourth-order valence-electron chi connectivity index (χ4n) is 3.70. The zero-order valence-electron chi connectivity index (χ0n) is 18.5. The Hall–Kier alpha value is -3.28. The number of carbonyl (C=O) groups is 1. The van der Waals surface area contributed by atoms with Crippen molar-refractivity contribution >= 4 is 11.7 Å². The number of nitrogens with zero attached hydrogens (tertiary/aromatic N) is 4. The van der Waals surface area contributed by atoms with Crippen LogP contribution in [-0.2, 0) is 9.53 Å². The van der Waals surface area contributed by atoms with Gasteiger partial charge in [-0.25, -0.2) is 0 Å². The molecule has 1 aliphatic rings. The molecule has 0 fully saturated rings. The van der Waals surface area contributed by atoms with Crippen molar-refractivity contribution < 1.29 is 9.53 Å². The predicted octanol–water partition coefficient (Wildman–Crippen LogP) is 4.84. The molecule has 0 bridgehead atoms. The van der Waals surface area contributed by atoms with Crippen molar-refractivity contribution in [3.05, 3.63) is 77.4 Å². The lowest BCUT2D eigenvalue weighted by atomic mass is 9.93. The van der Waals surface area contributed by atoms with E-state index in [1.54, 1.807) is 0 Å². The molecule has 0 aliphatic carbocycles. The molecule has 2 aromatic carbocycles. The molecule has 0 spiro atoms. The molecule has 0 radical (unpaired) electrons. The van der Waals surface area contributed by atoms with E-state index in [1.807, 2.05) is 60.0 Å². The van der Waals surface area contributed by atoms with E-state index in [0.717, 1.165) is 34.8 Å². The maximum Gasteiger partial charge on any atom is 0.308 e. The molecule has 3 aromatic rings. The summed E-state index contributed by atoms with van der Waals surface area (Å²) in [4.78, 5) is 17.7. The van der Waals surface area contributed by atoms with Gasteiger partial charge in [-0.2, -0.15) is 0 Å². The highest BCUT2D eigenvalue weighted by Crippen LogP contribution is 2.32. The third kappa shape index (κ3) is 4.58. The molecule has 0 amide bonds. The molecule has 0 saturated carbocycles. The Morgan fingerprint density at radius 2 is 1.74 bits per heavy atom. The third-order valence-corrected chi connectivity index (χ3v) is 5.36. The molecule has 2 heterocycles. The van der Waals surface area contributed by atoms with E-state index in [4.69, 9.17) is 9.73 Å². The Morgan fingerprint density at radius 1 is 1.03 bits per heavy atom. The average molecular weight is 417 g/mol. The van der Waals surface area contributed by atoms with Gasteiger partial charge in [0.2, 0.25) is 0 Å². The van der Waals surface area contributed by atoms with Crippen molar-refractivity contribution in [1.82, 2.24) is 14.8 Å². The molecule has 6 nitrogen and oxygen atoms in total. The largest absolute Gasteiger partial charge is 0.466 e. The molecule has 160 valence electrons. The van der Waals surface area contributed by atoms with Gasteiger partial charge >= 0.3 is 5.97 Å². The number of carbonyl (C=O) groups excluding carboxylic acids is 1. The summed E-state index contributed by atoms with van der Waals surface area (Å²) in [5.74, 6) is 1.14. The zero-order valence-corrected chi connectivity index (χ0v) is 18.5. The van der Waals surface area contributed by atoms with Crippen molar-refractivity contribution in [3.8, 4) is 5.69 Å². The molecule has 1 unspecified atom stereocenters. The van der Waals surface area contributed by atoms with E-state index in [1.165, 1.54) is 0 Å². The van der Waals surface area contributed by atoms with Crippen LogP contribution >= 0.6 is 0 Å². The first kappa shape index (κ1) is 21.0. The number of aryl methyl sites for hydroxylation is 1. The van der Waals surface area contributed by atoms with Crippen LogP contribution in [0.4, 0.5) is 0 Å². The van der Waals surface area contributed by atoms with Crippen LogP contribution in [0, 0.1) is 12.3 Å². The molecule has 1 atom stereocenters. The topological polar surface area (TPSA) is 69.4 Å². The lowest BCUT2D eigenvalue weighted by molar-refractivity contribution is -0.144. The van der Waals surface area contributed by atoms with Gasteiger partial charge in [-0.1, -0.05) is 69.3 Å². The van der Waals surface area contributed by atoms with E-state index < -0.39 is 6.04 Å². The smallest absolute Gasteiger partial charge is 0.308 e. The molecule has 1 aliphatic heterocycles. The first-order chi connectivity index (χ1) is 14.8. The second-order valence-corrected chi connectivity index (χ2v) is 9.05. The molecular formula is C25H28N4O2. The minimum atomic E-state index is -0.481. The van der Waals surface area contributed by atoms with Crippen LogP contribution in [0.1, 0.15) is 62.4 Å². The Kier molecular flexibility index (Phi) is 5.72. The lowest BCUT2D eigenvalue weighted by Gasteiger charge is -2.18. The molecule has 1 aromatic heterocycles. The van der Waals surface area contributed by atoms with Crippen LogP contribution in [-0.4, -0.2) is 33.1 Å². The second-order valence-electron chi connectivity index (χ2n) is 9.05. The summed E-state index contributed by atoms with van der Waals surface area (Å²) in [7, 11) is 0. The van der Waals surface area contributed by atoms with Gasteiger partial charge in [0, 0.05) is 11.1 Å². The van der Waals surface area contributed by atoms with Crippen LogP contribution in [0.15, 0.2) is 59.6 Å². The van der Waals surface area contributed by atoms with Gasteiger partial charge in [-0.3, -0.25) is 14.4 Å². The van der Waals surface area contributed by atoms with Crippen LogP contribution in [0.25, 0.3) is 5.69 Å². The van der Waals surface area contributed by atoms with Gasteiger partial charge in [0.1, 0.15) is 11.9 Å². The zero-order chi connectivity index (χ0) is 22.0. The standard InChI is InChI=1S/C25H28N4O2/c1-17-27-28-24-20(16-22(30)31-15-14-25(2,3)4)26-23(18-10-6-5-7-11-18)19-12-8-9-13-21(19)29(17)24/h5-13,20H,14-16H2,1-4H3. The molecule has 4 rings (SSSR count). The Balaban J connectivity index is 1.73. The van der Waals surface area contributed by atoms with Gasteiger partial charge in [0.15, 0.2) is 5.82 Å². The van der Waals surface area contributed by atoms with E-state index in [-0.39, 0.29) is 17.8 Å². The van der Waals surface area contributed by atoms with Crippen LogP contribution < -0.4 is 0 Å². The summed E-state index contributed by atoms with van der Waals surface area (Å²) in [6.45, 7) is 8.71. The summed E-state index contributed by atoms with van der Waals surface area (Å²) in [6, 6.07) is 17.6. The Morgan fingerprint density at radius 3 is 2.48 bits per heavy atom. The summed E-state index contributed by atoms with van der Waals surface area (Å²) in [5, 5.41) is 8.68. The van der Waals surface area contributed by atoms with Gasteiger partial charge in [0.05, 0.1) is 24.4 Å². The van der Waals surface area contributed by atoms with E-state index >= 15 is 0 Å². The van der Waals surface area contributed by atoms with E-state index in [0.29, 0.717) is 12.4 Å². The number of ether oxygens (including phenoxy) is 1. The minimum Gasteiger partial charge on any atom is -0.466 e. The average Bonchev–Trinajstić information content (AvgIpc) is 3.05. The molecule has 0 saturated heterocycles. The SMILES string of the molecule is Cc1nnc2n1-c1ccccc1C(c1ccccc1)=NC2CC(=O)OCCC(C)(C)C. The van der Waals surface area contributed by atoms with E-state index in [2.05, 4.69) is 37.0 Å². The first-order valence-corrected chi connectivity index (χ1v) is 10.6. The summed E-state index contributed by atoms with van der Waals surface area (Å²) >= 11 is 0. The number of hydrogen-bond donors (Lipinski definition) is 0. The second kappa shape index (κ2) is 8.46.